The summed E-state index contributed by atoms with van der Waals surface area (Å²) in [7, 11) is 0. The highest BCUT2D eigenvalue weighted by molar-refractivity contribution is 5.62. The van der Waals surface area contributed by atoms with Crippen molar-refractivity contribution < 1.29 is 20.4 Å². The fourth-order valence-electron chi connectivity index (χ4n) is 7.81. The molecule has 0 heterocycles. The summed E-state index contributed by atoms with van der Waals surface area (Å²) in [6.45, 7) is 12.2. The molecular formula is C40H38O4. The molecule has 4 heteroatoms. The predicted octanol–water partition coefficient (Wildman–Crippen LogP) is 9.03. The molecule has 5 aromatic carbocycles. The highest BCUT2D eigenvalue weighted by Crippen LogP contribution is 2.49. The van der Waals surface area contributed by atoms with E-state index in [2.05, 4.69) is 48.5 Å². The molecule has 5 aromatic rings. The van der Waals surface area contributed by atoms with Gasteiger partial charge in [0.1, 0.15) is 23.0 Å². The molecule has 0 unspecified atom stereocenters. The highest BCUT2D eigenvalue weighted by Gasteiger charge is 2.31. The summed E-state index contributed by atoms with van der Waals surface area (Å²) in [5, 5.41) is 45.4. The number of hydrogen-bond acceptors (Lipinski definition) is 4. The van der Waals surface area contributed by atoms with Crippen molar-refractivity contribution in [3.8, 4) is 23.0 Å². The van der Waals surface area contributed by atoms with Crippen LogP contribution in [0.4, 0.5) is 0 Å². The molecule has 0 aliphatic heterocycles. The number of phenols is 4. The fraction of sp³-hybridized carbons (Fsp3) is 0.250. The quantitative estimate of drug-likeness (QED) is 0.147. The zero-order chi connectivity index (χ0) is 31.2. The number of benzene rings is 5. The van der Waals surface area contributed by atoms with E-state index in [9.17, 15) is 20.4 Å². The van der Waals surface area contributed by atoms with Crippen LogP contribution >= 0.6 is 0 Å². The lowest BCUT2D eigenvalue weighted by atomic mass is 9.77. The Labute approximate surface area is 258 Å². The Morgan fingerprint density at radius 2 is 0.591 bits per heavy atom. The summed E-state index contributed by atoms with van der Waals surface area (Å²) in [6.07, 6.45) is 0. The van der Waals surface area contributed by atoms with Crippen LogP contribution in [0.5, 0.6) is 23.0 Å². The van der Waals surface area contributed by atoms with Gasteiger partial charge in [0.2, 0.25) is 0 Å². The van der Waals surface area contributed by atoms with Crippen molar-refractivity contribution in [3.05, 3.63) is 151 Å². The van der Waals surface area contributed by atoms with Crippen LogP contribution in [-0.2, 0) is 0 Å². The Balaban J connectivity index is 1.72. The zero-order valence-electron chi connectivity index (χ0n) is 26.0. The molecule has 0 radical (unpaired) electrons. The van der Waals surface area contributed by atoms with E-state index in [1.807, 2.05) is 65.8 Å². The topological polar surface area (TPSA) is 80.9 Å². The van der Waals surface area contributed by atoms with Crippen molar-refractivity contribution in [3.63, 3.8) is 0 Å². The molecule has 0 atom stereocenters. The standard InChI is InChI=1S/C40H38O4/c1-19-11-35(41)31-15-27(19)39-25-7-9-26(10-8-25)40(29-17-33(23(31)5)37(43)13-21(29)3)30-18-34(38(44)14-22(30)4)24(6)32-16-28(39)20(2)12-36(32)42/h7-18,23-24,39-44H,1-6H3. The molecule has 12 bridgehead atoms. The van der Waals surface area contributed by atoms with Crippen molar-refractivity contribution in [2.75, 3.05) is 0 Å². The van der Waals surface area contributed by atoms with Crippen LogP contribution in [0.2, 0.25) is 0 Å². The normalized spacial score (nSPS) is 20.0. The van der Waals surface area contributed by atoms with E-state index in [4.69, 9.17) is 0 Å². The third-order valence-electron chi connectivity index (χ3n) is 10.4. The van der Waals surface area contributed by atoms with Crippen LogP contribution in [0.25, 0.3) is 0 Å². The van der Waals surface area contributed by atoms with Crippen LogP contribution in [0.1, 0.15) is 115 Å². The van der Waals surface area contributed by atoms with Gasteiger partial charge in [0.05, 0.1) is 0 Å². The Morgan fingerprint density at radius 3 is 0.818 bits per heavy atom. The SMILES string of the molecule is Cc1cc(O)c2cc1C1c3ccc(cc3)C(c3cc(c(O)cc3C)C2C)c2cc(c(O)cc2C)C(C)c2cc1c(C)cc2O. The molecule has 4 aliphatic rings. The molecule has 9 rings (SSSR count). The van der Waals surface area contributed by atoms with Gasteiger partial charge in [-0.25, -0.2) is 0 Å². The maximum Gasteiger partial charge on any atom is 0.119 e. The van der Waals surface area contributed by atoms with E-state index >= 15 is 0 Å². The van der Waals surface area contributed by atoms with Gasteiger partial charge >= 0.3 is 0 Å². The Morgan fingerprint density at radius 1 is 0.364 bits per heavy atom. The van der Waals surface area contributed by atoms with Crippen molar-refractivity contribution >= 4 is 0 Å². The van der Waals surface area contributed by atoms with Gasteiger partial charge in [0, 0.05) is 45.9 Å². The van der Waals surface area contributed by atoms with Crippen LogP contribution in [0.3, 0.4) is 0 Å². The number of phenolic OH excluding ortho intramolecular Hbond substituents is 4. The smallest absolute Gasteiger partial charge is 0.119 e. The molecule has 0 amide bonds. The van der Waals surface area contributed by atoms with Crippen molar-refractivity contribution in [1.82, 2.24) is 0 Å². The second-order valence-electron chi connectivity index (χ2n) is 13.0. The highest BCUT2D eigenvalue weighted by atomic mass is 16.3. The second-order valence-corrected chi connectivity index (χ2v) is 13.0. The largest absolute Gasteiger partial charge is 0.508 e. The van der Waals surface area contributed by atoms with Gasteiger partial charge in [-0.2, -0.15) is 0 Å². The second kappa shape index (κ2) is 9.92. The molecule has 0 fully saturated rings. The van der Waals surface area contributed by atoms with Crippen LogP contribution < -0.4 is 0 Å². The van der Waals surface area contributed by atoms with E-state index in [1.54, 1.807) is 0 Å². The summed E-state index contributed by atoms with van der Waals surface area (Å²) in [4.78, 5) is 0. The maximum absolute atomic E-state index is 11.3. The molecule has 4 N–H and O–H groups in total. The first-order chi connectivity index (χ1) is 20.9. The van der Waals surface area contributed by atoms with E-state index in [1.165, 1.54) is 0 Å². The molecule has 0 saturated heterocycles. The lowest BCUT2D eigenvalue weighted by Crippen LogP contribution is -2.11. The molecule has 4 aliphatic carbocycles. The molecular weight excluding hydrogens is 544 g/mol. The number of rotatable bonds is 0. The summed E-state index contributed by atoms with van der Waals surface area (Å²) >= 11 is 0. The van der Waals surface area contributed by atoms with Crippen molar-refractivity contribution in [2.45, 2.75) is 65.2 Å². The Bertz CT molecular complexity index is 1720. The van der Waals surface area contributed by atoms with E-state index in [0.29, 0.717) is 0 Å². The van der Waals surface area contributed by atoms with E-state index < -0.39 is 0 Å². The monoisotopic (exact) mass is 582 g/mol. The average molecular weight is 583 g/mol. The summed E-state index contributed by atoms with van der Waals surface area (Å²) in [5.74, 6) is -0.114. The van der Waals surface area contributed by atoms with Gasteiger partial charge in [-0.1, -0.05) is 62.4 Å². The third kappa shape index (κ3) is 4.11. The molecule has 44 heavy (non-hydrogen) atoms. The minimum atomic E-state index is -0.287. The van der Waals surface area contributed by atoms with Gasteiger partial charge in [-0.15, -0.1) is 0 Å². The van der Waals surface area contributed by atoms with Gasteiger partial charge in [-0.05, 0) is 108 Å². The number of hydrogen-bond donors (Lipinski definition) is 4. The molecule has 0 spiro atoms. The lowest BCUT2D eigenvalue weighted by molar-refractivity contribution is 0.455. The first-order valence-electron chi connectivity index (χ1n) is 15.4. The summed E-state index contributed by atoms with van der Waals surface area (Å²) in [6, 6.07) is 24.6. The molecule has 0 aromatic heterocycles. The van der Waals surface area contributed by atoms with Gasteiger partial charge in [0.15, 0.2) is 0 Å². The number of aromatic hydroxyl groups is 4. The van der Waals surface area contributed by atoms with E-state index in [-0.39, 0.29) is 46.7 Å². The first kappa shape index (κ1) is 28.1. The van der Waals surface area contributed by atoms with Gasteiger partial charge < -0.3 is 20.4 Å². The molecule has 222 valence electrons. The van der Waals surface area contributed by atoms with Crippen LogP contribution in [0, 0.1) is 27.7 Å². The maximum atomic E-state index is 11.3. The predicted molar refractivity (Wildman–Crippen MR) is 175 cm³/mol. The Kier molecular flexibility index (Phi) is 6.33. The average Bonchev–Trinajstić information content (AvgIpc) is 2.98. The third-order valence-corrected chi connectivity index (χ3v) is 10.4. The van der Waals surface area contributed by atoms with Crippen molar-refractivity contribution in [1.29, 1.82) is 0 Å². The molecule has 4 nitrogen and oxygen atoms in total. The van der Waals surface area contributed by atoms with Gasteiger partial charge in [0.25, 0.3) is 0 Å². The fourth-order valence-corrected chi connectivity index (χ4v) is 7.81. The zero-order valence-corrected chi connectivity index (χ0v) is 26.0. The summed E-state index contributed by atoms with van der Waals surface area (Å²) in [5.41, 5.74) is 13.3. The summed E-state index contributed by atoms with van der Waals surface area (Å²) < 4.78 is 0. The van der Waals surface area contributed by atoms with E-state index in [0.717, 1.165) is 77.9 Å². The van der Waals surface area contributed by atoms with Gasteiger partial charge in [-0.3, -0.25) is 0 Å². The lowest BCUT2D eigenvalue weighted by Gasteiger charge is -2.28. The van der Waals surface area contributed by atoms with Crippen molar-refractivity contribution in [2.24, 2.45) is 0 Å². The first-order valence-corrected chi connectivity index (χ1v) is 15.4. The minimum absolute atomic E-state index is 0.181. The number of aryl methyl sites for hydroxylation is 4. The Hall–Kier alpha value is -4.70. The minimum Gasteiger partial charge on any atom is -0.508 e. The van der Waals surface area contributed by atoms with Crippen LogP contribution in [0.15, 0.2) is 72.8 Å². The van der Waals surface area contributed by atoms with Crippen LogP contribution in [-0.4, -0.2) is 20.4 Å². The molecule has 0 saturated carbocycles.